The summed E-state index contributed by atoms with van der Waals surface area (Å²) < 4.78 is 48.2. The number of nitrogens with zero attached hydrogens (tertiary/aromatic N) is 4. The van der Waals surface area contributed by atoms with E-state index in [0.29, 0.717) is 17.3 Å². The molecule has 0 bridgehead atoms. The van der Waals surface area contributed by atoms with E-state index in [1.165, 1.54) is 36.1 Å². The number of rotatable bonds is 2. The van der Waals surface area contributed by atoms with E-state index >= 15 is 0 Å². The first-order chi connectivity index (χ1) is 19.6. The van der Waals surface area contributed by atoms with Crippen LogP contribution in [0.5, 0.6) is 0 Å². The summed E-state index contributed by atoms with van der Waals surface area (Å²) >= 11 is 6.00. The lowest BCUT2D eigenvalue weighted by Crippen LogP contribution is -2.35. The first-order valence-corrected chi connectivity index (χ1v) is 14.6. The summed E-state index contributed by atoms with van der Waals surface area (Å²) in [5, 5.41) is 3.11. The fraction of sp³-hybridized carbons (Fsp3) is 0.167. The summed E-state index contributed by atoms with van der Waals surface area (Å²) in [6.07, 6.45) is 11.0. The third kappa shape index (κ3) is 5.38. The molecule has 1 N–H and O–H groups in total. The van der Waals surface area contributed by atoms with E-state index in [9.17, 15) is 22.2 Å². The molecular weight excluding hydrogens is 602 g/mol. The number of amidine groups is 1. The Kier molecular flexibility index (Phi) is 8.08. The van der Waals surface area contributed by atoms with Crippen LogP contribution in [-0.2, 0) is 14.9 Å². The van der Waals surface area contributed by atoms with Crippen LogP contribution in [0.2, 0.25) is 5.02 Å². The van der Waals surface area contributed by atoms with E-state index < -0.39 is 27.1 Å². The second-order valence-electron chi connectivity index (χ2n) is 9.99. The Balaban J connectivity index is 0.000000270. The molecule has 0 radical (unpaired) electrons. The minimum absolute atomic E-state index is 0. The predicted molar refractivity (Wildman–Crippen MR) is 168 cm³/mol. The molecule has 0 saturated carbocycles. The molecule has 0 spiro atoms. The number of carbonyl (C=O) groups excluding carboxylic acids is 1. The van der Waals surface area contributed by atoms with E-state index in [0.717, 1.165) is 27.1 Å². The van der Waals surface area contributed by atoms with Gasteiger partial charge in [0.1, 0.15) is 23.7 Å². The van der Waals surface area contributed by atoms with Crippen molar-refractivity contribution in [1.82, 2.24) is 0 Å². The Morgan fingerprint density at radius 2 is 1.74 bits per heavy atom. The molecule has 0 aromatic heterocycles. The lowest BCUT2D eigenvalue weighted by atomic mass is 9.80. The number of aliphatic imine (C=N–C) groups is 4. The summed E-state index contributed by atoms with van der Waals surface area (Å²) in [5.41, 5.74) is 2.73. The summed E-state index contributed by atoms with van der Waals surface area (Å²) in [7, 11) is -4.35. The second kappa shape index (κ2) is 11.4. The van der Waals surface area contributed by atoms with Gasteiger partial charge in [0, 0.05) is 5.92 Å². The van der Waals surface area contributed by atoms with Crippen molar-refractivity contribution in [3.63, 3.8) is 0 Å². The summed E-state index contributed by atoms with van der Waals surface area (Å²) in [6, 6.07) is 12.3. The highest BCUT2D eigenvalue weighted by Gasteiger charge is 2.37. The van der Waals surface area contributed by atoms with Crippen LogP contribution in [0, 0.1) is 11.7 Å². The normalized spacial score (nSPS) is 21.4. The number of carbonyl (C=O) groups is 1. The third-order valence-corrected chi connectivity index (χ3v) is 8.96. The molecule has 3 unspecified atom stereocenters. The van der Waals surface area contributed by atoms with Crippen molar-refractivity contribution in [2.24, 2.45) is 25.9 Å². The van der Waals surface area contributed by atoms with Crippen molar-refractivity contribution in [3.8, 4) is 0 Å². The van der Waals surface area contributed by atoms with Gasteiger partial charge in [-0.15, -0.1) is 12.4 Å². The third-order valence-electron chi connectivity index (χ3n) is 7.44. The lowest BCUT2D eigenvalue weighted by molar-refractivity contribution is -0.111. The SMILES string of the molecule is CC1C=Cc2ccc3c4c(ccc3c2=C1)C(c1ccc(F)c(Cl)c1)C(S(=O)(=O)O)CC=4.Cl.O=C1N=CN=C2N=CN=C12. The number of amides is 1. The fourth-order valence-corrected chi connectivity index (χ4v) is 6.73. The molecule has 0 fully saturated rings. The minimum Gasteiger partial charge on any atom is -0.285 e. The number of hydrogen-bond donors (Lipinski definition) is 1. The smallest absolute Gasteiger partial charge is 0.285 e. The highest BCUT2D eigenvalue weighted by molar-refractivity contribution is 7.86. The van der Waals surface area contributed by atoms with Crippen LogP contribution in [-0.4, -0.2) is 48.4 Å². The van der Waals surface area contributed by atoms with E-state index in [-0.39, 0.29) is 35.5 Å². The highest BCUT2D eigenvalue weighted by Crippen LogP contribution is 2.37. The van der Waals surface area contributed by atoms with Gasteiger partial charge < -0.3 is 0 Å². The highest BCUT2D eigenvalue weighted by atomic mass is 35.5. The standard InChI is InChI=1S/C25H20ClFO3S.C5H2N4O.ClH/c1-14-2-3-15-4-6-17-18-9-11-24(31(28,29)30)25(16-5-10-23(27)22(26)13-16)20(18)8-7-19(17)21(15)12-14;10-5-3-4(7-1-6-3)8-2-9-5;/h2-10,12-14,24-25H,11H2,1H3,(H,28,29,30);1-2H;1H. The average molecular weight is 626 g/mol. The number of fused-ring (bicyclic) bond motifs is 6. The molecular formula is C30H23Cl2FN4O4S. The van der Waals surface area contributed by atoms with Crippen LogP contribution < -0.4 is 10.4 Å². The Morgan fingerprint density at radius 1 is 1.00 bits per heavy atom. The molecule has 0 saturated heterocycles. The summed E-state index contributed by atoms with van der Waals surface area (Å²) in [4.78, 5) is 25.3. The van der Waals surface area contributed by atoms with Gasteiger partial charge in [0.2, 0.25) is 0 Å². The number of halogens is 3. The van der Waals surface area contributed by atoms with Crippen molar-refractivity contribution < 1.29 is 22.2 Å². The van der Waals surface area contributed by atoms with Crippen molar-refractivity contribution in [2.75, 3.05) is 0 Å². The average Bonchev–Trinajstić information content (AvgIpc) is 3.44. The second-order valence-corrected chi connectivity index (χ2v) is 12.0. The minimum atomic E-state index is -4.35. The zero-order chi connectivity index (χ0) is 28.9. The lowest BCUT2D eigenvalue weighted by Gasteiger charge is -2.29. The Morgan fingerprint density at radius 3 is 2.48 bits per heavy atom. The van der Waals surface area contributed by atoms with Crippen molar-refractivity contribution in [1.29, 1.82) is 0 Å². The largest absolute Gasteiger partial charge is 0.301 e. The zero-order valence-corrected chi connectivity index (χ0v) is 24.4. The maximum atomic E-state index is 13.8. The summed E-state index contributed by atoms with van der Waals surface area (Å²) in [6.45, 7) is 2.13. The molecule has 2 aliphatic carbocycles. The molecule has 3 aromatic rings. The zero-order valence-electron chi connectivity index (χ0n) is 22.0. The molecule has 12 heteroatoms. The van der Waals surface area contributed by atoms with Gasteiger partial charge >= 0.3 is 5.91 Å². The van der Waals surface area contributed by atoms with Gasteiger partial charge in [0.05, 0.1) is 5.02 Å². The van der Waals surface area contributed by atoms with Gasteiger partial charge in [-0.25, -0.2) is 19.4 Å². The maximum Gasteiger partial charge on any atom is 0.301 e. The molecule has 214 valence electrons. The van der Waals surface area contributed by atoms with Crippen LogP contribution in [0.1, 0.15) is 36.0 Å². The molecule has 7 rings (SSSR count). The molecule has 42 heavy (non-hydrogen) atoms. The Labute approximate surface area is 251 Å². The molecule has 3 aromatic carbocycles. The van der Waals surface area contributed by atoms with Gasteiger partial charge in [0.15, 0.2) is 11.5 Å². The van der Waals surface area contributed by atoms with Crippen LogP contribution >= 0.6 is 24.0 Å². The van der Waals surface area contributed by atoms with Crippen molar-refractivity contribution >= 4 is 93.3 Å². The van der Waals surface area contributed by atoms with Gasteiger partial charge in [0.25, 0.3) is 10.1 Å². The first-order valence-electron chi connectivity index (χ1n) is 12.7. The van der Waals surface area contributed by atoms with E-state index in [4.69, 9.17) is 11.6 Å². The predicted octanol–water partition coefficient (Wildman–Crippen LogP) is 4.51. The number of benzene rings is 3. The van der Waals surface area contributed by atoms with E-state index in [1.807, 2.05) is 18.2 Å². The summed E-state index contributed by atoms with van der Waals surface area (Å²) in [5.74, 6) is -0.908. The van der Waals surface area contributed by atoms with Crippen molar-refractivity contribution in [2.45, 2.75) is 24.5 Å². The molecule has 2 heterocycles. The van der Waals surface area contributed by atoms with Crippen molar-refractivity contribution in [3.05, 3.63) is 86.5 Å². The van der Waals surface area contributed by atoms with Gasteiger partial charge in [-0.1, -0.05) is 73.2 Å². The van der Waals surface area contributed by atoms with Crippen LogP contribution in [0.15, 0.2) is 68.5 Å². The monoisotopic (exact) mass is 624 g/mol. The number of allylic oxidation sites excluding steroid dienone is 1. The van der Waals surface area contributed by atoms with Gasteiger partial charge in [-0.3, -0.25) is 9.35 Å². The Hall–Kier alpha value is -3.83. The maximum absolute atomic E-state index is 13.8. The first kappa shape index (κ1) is 29.7. The van der Waals surface area contributed by atoms with Crippen LogP contribution in [0.4, 0.5) is 4.39 Å². The van der Waals surface area contributed by atoms with Crippen LogP contribution in [0.3, 0.4) is 0 Å². The van der Waals surface area contributed by atoms with E-state index in [2.05, 4.69) is 57.3 Å². The molecule has 1 amide bonds. The molecule has 2 aliphatic heterocycles. The fourth-order valence-electron chi connectivity index (χ4n) is 5.56. The Bertz CT molecular complexity index is 2030. The molecule has 3 atom stereocenters. The molecule has 8 nitrogen and oxygen atoms in total. The van der Waals surface area contributed by atoms with Crippen LogP contribution in [0.25, 0.3) is 29.0 Å². The topological polar surface area (TPSA) is 121 Å². The molecule has 4 aliphatic rings. The van der Waals surface area contributed by atoms with Gasteiger partial charge in [-0.2, -0.15) is 13.4 Å². The van der Waals surface area contributed by atoms with E-state index in [1.54, 1.807) is 0 Å². The quantitative estimate of drug-likeness (QED) is 0.422. The van der Waals surface area contributed by atoms with Gasteiger partial charge in [-0.05, 0) is 62.4 Å². The number of hydrogen-bond acceptors (Lipinski definition) is 6.